The third-order valence-electron chi connectivity index (χ3n) is 2.06. The Kier molecular flexibility index (Phi) is 5.97. The van der Waals surface area contributed by atoms with Crippen molar-refractivity contribution in [2.45, 2.75) is 6.92 Å². The van der Waals surface area contributed by atoms with Gasteiger partial charge in [0.15, 0.2) is 11.5 Å². The number of rotatable bonds is 6. The molecular formula is C12H16N2O6S. The number of hydrazone groups is 1. The zero-order valence-corrected chi connectivity index (χ0v) is 12.6. The second kappa shape index (κ2) is 7.48. The first-order chi connectivity index (χ1) is 9.85. The van der Waals surface area contributed by atoms with Crippen LogP contribution >= 0.6 is 0 Å². The Morgan fingerprint density at radius 1 is 1.38 bits per heavy atom. The molecule has 0 aliphatic rings. The van der Waals surface area contributed by atoms with E-state index in [1.165, 1.54) is 25.5 Å². The van der Waals surface area contributed by atoms with Crippen LogP contribution in [-0.4, -0.2) is 40.7 Å². The van der Waals surface area contributed by atoms with Crippen molar-refractivity contribution in [3.05, 3.63) is 23.8 Å². The zero-order valence-electron chi connectivity index (χ0n) is 11.8. The van der Waals surface area contributed by atoms with Crippen LogP contribution in [0.2, 0.25) is 0 Å². The van der Waals surface area contributed by atoms with E-state index >= 15 is 0 Å². The van der Waals surface area contributed by atoms with Crippen LogP contribution in [0.4, 0.5) is 4.79 Å². The summed E-state index contributed by atoms with van der Waals surface area (Å²) in [5, 5.41) is 3.65. The summed E-state index contributed by atoms with van der Waals surface area (Å²) in [7, 11) is -2.43. The Labute approximate surface area is 122 Å². The molecule has 0 unspecified atom stereocenters. The maximum atomic E-state index is 11.2. The van der Waals surface area contributed by atoms with E-state index in [2.05, 4.69) is 15.3 Å². The van der Waals surface area contributed by atoms with Crippen LogP contribution in [-0.2, 0) is 14.9 Å². The second-order valence-corrected chi connectivity index (χ2v) is 5.36. The Morgan fingerprint density at radius 2 is 2.10 bits per heavy atom. The number of methoxy groups -OCH3 is 1. The molecule has 1 aromatic carbocycles. The fraction of sp³-hybridized carbons (Fsp3) is 0.333. The highest BCUT2D eigenvalue weighted by molar-refractivity contribution is 7.86. The third-order valence-corrected chi connectivity index (χ3v) is 2.55. The van der Waals surface area contributed by atoms with Gasteiger partial charge in [-0.25, -0.2) is 10.2 Å². The first kappa shape index (κ1) is 16.8. The van der Waals surface area contributed by atoms with Gasteiger partial charge in [-0.05, 0) is 30.7 Å². The molecule has 0 radical (unpaired) electrons. The molecule has 9 heteroatoms. The number of hydrogen-bond acceptors (Lipinski definition) is 7. The number of carbonyl (C=O) groups is 1. The quantitative estimate of drug-likeness (QED) is 0.479. The number of nitrogens with one attached hydrogen (secondary N) is 1. The summed E-state index contributed by atoms with van der Waals surface area (Å²) in [5.41, 5.74) is 2.70. The average molecular weight is 316 g/mol. The average Bonchev–Trinajstić information content (AvgIpc) is 2.40. The molecule has 0 spiro atoms. The Balaban J connectivity index is 2.94. The van der Waals surface area contributed by atoms with E-state index in [0.29, 0.717) is 12.2 Å². The summed E-state index contributed by atoms with van der Waals surface area (Å²) in [6.07, 6.45) is 1.59. The fourth-order valence-electron chi connectivity index (χ4n) is 1.31. The highest BCUT2D eigenvalue weighted by Crippen LogP contribution is 2.29. The molecule has 8 nitrogen and oxygen atoms in total. The fourth-order valence-corrected chi connectivity index (χ4v) is 1.77. The van der Waals surface area contributed by atoms with Gasteiger partial charge in [-0.2, -0.15) is 13.5 Å². The van der Waals surface area contributed by atoms with Crippen molar-refractivity contribution in [2.24, 2.45) is 5.10 Å². The molecule has 0 bridgehead atoms. The van der Waals surface area contributed by atoms with Crippen molar-refractivity contribution >= 4 is 22.4 Å². The molecule has 0 fully saturated rings. The predicted octanol–water partition coefficient (Wildman–Crippen LogP) is 1.11. The smallest absolute Gasteiger partial charge is 0.427 e. The van der Waals surface area contributed by atoms with Gasteiger partial charge in [0.2, 0.25) is 0 Å². The highest BCUT2D eigenvalue weighted by Gasteiger charge is 2.11. The summed E-state index contributed by atoms with van der Waals surface area (Å²) in [4.78, 5) is 10.8. The second-order valence-electron chi connectivity index (χ2n) is 3.79. The van der Waals surface area contributed by atoms with Crippen LogP contribution in [0.3, 0.4) is 0 Å². The molecule has 1 N–H and O–H groups in total. The van der Waals surface area contributed by atoms with Gasteiger partial charge in [0.05, 0.1) is 26.2 Å². The van der Waals surface area contributed by atoms with Crippen LogP contribution < -0.4 is 14.3 Å². The molecule has 0 saturated heterocycles. The molecule has 0 aromatic heterocycles. The van der Waals surface area contributed by atoms with Crippen LogP contribution in [0.1, 0.15) is 12.5 Å². The summed E-state index contributed by atoms with van der Waals surface area (Å²) in [5.74, 6) is 0.336. The van der Waals surface area contributed by atoms with E-state index < -0.39 is 16.2 Å². The molecule has 1 aromatic rings. The number of nitrogens with zero attached hydrogens (tertiary/aromatic N) is 1. The van der Waals surface area contributed by atoms with Gasteiger partial charge < -0.3 is 13.7 Å². The van der Waals surface area contributed by atoms with Crippen LogP contribution in [0, 0.1) is 0 Å². The third kappa shape index (κ3) is 6.13. The first-order valence-corrected chi connectivity index (χ1v) is 7.70. The van der Waals surface area contributed by atoms with E-state index in [4.69, 9.17) is 8.92 Å². The molecule has 0 saturated carbocycles. The van der Waals surface area contributed by atoms with Crippen molar-refractivity contribution in [3.63, 3.8) is 0 Å². The van der Waals surface area contributed by atoms with Gasteiger partial charge in [0, 0.05) is 0 Å². The SMILES string of the molecule is CCOc1cc(C=NNC(=O)OC)ccc1OS(C)(=O)=O. The van der Waals surface area contributed by atoms with E-state index in [1.54, 1.807) is 13.0 Å². The molecule has 0 aliphatic heterocycles. The largest absolute Gasteiger partial charge is 0.490 e. The van der Waals surface area contributed by atoms with Crippen LogP contribution in [0.5, 0.6) is 11.5 Å². The van der Waals surface area contributed by atoms with E-state index in [9.17, 15) is 13.2 Å². The lowest BCUT2D eigenvalue weighted by atomic mass is 10.2. The van der Waals surface area contributed by atoms with Gasteiger partial charge in [-0.3, -0.25) is 0 Å². The highest BCUT2D eigenvalue weighted by atomic mass is 32.2. The van der Waals surface area contributed by atoms with Crippen molar-refractivity contribution in [1.29, 1.82) is 0 Å². The van der Waals surface area contributed by atoms with Gasteiger partial charge in [0.1, 0.15) is 0 Å². The monoisotopic (exact) mass is 316 g/mol. The lowest BCUT2D eigenvalue weighted by Gasteiger charge is -2.10. The number of ether oxygens (including phenoxy) is 2. The number of carbonyl (C=O) groups excluding carboxylic acids is 1. The topological polar surface area (TPSA) is 103 Å². The first-order valence-electron chi connectivity index (χ1n) is 5.89. The van der Waals surface area contributed by atoms with Gasteiger partial charge in [-0.1, -0.05) is 0 Å². The molecule has 0 atom stereocenters. The van der Waals surface area contributed by atoms with Crippen LogP contribution in [0.25, 0.3) is 0 Å². The summed E-state index contributed by atoms with van der Waals surface area (Å²) >= 11 is 0. The van der Waals surface area contributed by atoms with Crippen LogP contribution in [0.15, 0.2) is 23.3 Å². The molecular weight excluding hydrogens is 300 g/mol. The molecule has 1 amide bonds. The number of hydrogen-bond donors (Lipinski definition) is 1. The Morgan fingerprint density at radius 3 is 2.67 bits per heavy atom. The van der Waals surface area contributed by atoms with E-state index in [0.717, 1.165) is 6.26 Å². The van der Waals surface area contributed by atoms with Crippen molar-refractivity contribution in [1.82, 2.24) is 5.43 Å². The molecule has 116 valence electrons. The summed E-state index contributed by atoms with van der Waals surface area (Å²) in [6.45, 7) is 2.09. The van der Waals surface area contributed by atoms with Gasteiger partial charge in [-0.15, -0.1) is 0 Å². The maximum Gasteiger partial charge on any atom is 0.427 e. The van der Waals surface area contributed by atoms with Crippen molar-refractivity contribution in [2.75, 3.05) is 20.0 Å². The molecule has 21 heavy (non-hydrogen) atoms. The minimum atomic E-state index is -3.65. The lowest BCUT2D eigenvalue weighted by molar-refractivity contribution is 0.171. The maximum absolute atomic E-state index is 11.2. The normalized spacial score (nSPS) is 11.2. The van der Waals surface area contributed by atoms with Crippen molar-refractivity contribution < 1.29 is 26.9 Å². The number of amides is 1. The summed E-state index contributed by atoms with van der Waals surface area (Å²) < 4.78 is 36.8. The minimum absolute atomic E-state index is 0.0810. The lowest BCUT2D eigenvalue weighted by Crippen LogP contribution is -2.16. The predicted molar refractivity (Wildman–Crippen MR) is 76.2 cm³/mol. The molecule has 0 heterocycles. The number of benzene rings is 1. The van der Waals surface area contributed by atoms with E-state index in [-0.39, 0.29) is 11.5 Å². The standard InChI is InChI=1S/C12H16N2O6S/c1-4-19-11-7-9(8-13-14-12(15)18-2)5-6-10(11)20-21(3,16)17/h5-8H,4H2,1-3H3,(H,14,15). The van der Waals surface area contributed by atoms with E-state index in [1.807, 2.05) is 0 Å². The zero-order chi connectivity index (χ0) is 15.9. The van der Waals surface area contributed by atoms with Gasteiger partial charge in [0.25, 0.3) is 0 Å². The Hall–Kier alpha value is -2.29. The van der Waals surface area contributed by atoms with Gasteiger partial charge >= 0.3 is 16.2 Å². The molecule has 1 rings (SSSR count). The Bertz CT molecular complexity index is 627. The minimum Gasteiger partial charge on any atom is -0.490 e. The molecule has 0 aliphatic carbocycles. The van der Waals surface area contributed by atoms with Crippen molar-refractivity contribution in [3.8, 4) is 11.5 Å². The summed E-state index contributed by atoms with van der Waals surface area (Å²) in [6, 6.07) is 4.53.